The first kappa shape index (κ1) is 30.6. The summed E-state index contributed by atoms with van der Waals surface area (Å²) >= 11 is 0. The highest BCUT2D eigenvalue weighted by Gasteiger charge is 2.38. The molecule has 0 radical (unpaired) electrons. The summed E-state index contributed by atoms with van der Waals surface area (Å²) in [5.74, 6) is 3.08. The summed E-state index contributed by atoms with van der Waals surface area (Å²) in [6.07, 6.45) is 9.55. The Morgan fingerprint density at radius 1 is 0.955 bits per heavy atom. The van der Waals surface area contributed by atoms with Crippen LogP contribution in [0.2, 0.25) is 0 Å². The maximum atomic E-state index is 11.6. The molecule has 6 heteroatoms. The van der Waals surface area contributed by atoms with E-state index in [0.717, 1.165) is 109 Å². The van der Waals surface area contributed by atoms with Crippen LogP contribution in [0.4, 0.5) is 0 Å². The topological polar surface area (TPSA) is 88.4 Å². The summed E-state index contributed by atoms with van der Waals surface area (Å²) in [4.78, 5) is 0. The molecule has 44 heavy (non-hydrogen) atoms. The Labute approximate surface area is 262 Å². The zero-order valence-electron chi connectivity index (χ0n) is 26.7. The zero-order valence-corrected chi connectivity index (χ0v) is 26.7. The van der Waals surface area contributed by atoms with Gasteiger partial charge in [0.25, 0.3) is 0 Å². The molecule has 6 rings (SSSR count). The van der Waals surface area contributed by atoms with Gasteiger partial charge in [-0.2, -0.15) is 0 Å². The maximum Gasteiger partial charge on any atom is 0.161 e. The van der Waals surface area contributed by atoms with Gasteiger partial charge in [-0.15, -0.1) is 0 Å². The molecule has 236 valence electrons. The van der Waals surface area contributed by atoms with Crippen molar-refractivity contribution < 1.29 is 29.5 Å². The Hall–Kier alpha value is -3.38. The lowest BCUT2D eigenvalue weighted by Gasteiger charge is -2.38. The highest BCUT2D eigenvalue weighted by molar-refractivity contribution is 5.83. The average molecular weight is 601 g/mol. The number of benzene rings is 3. The molecule has 3 N–H and O–H groups in total. The molecule has 1 saturated carbocycles. The summed E-state index contributed by atoms with van der Waals surface area (Å²) in [5, 5.41) is 33.1. The van der Waals surface area contributed by atoms with E-state index in [1.807, 2.05) is 24.3 Å². The number of unbranched alkanes of at least 4 members (excludes halogenated alkanes) is 2. The van der Waals surface area contributed by atoms with Crippen LogP contribution in [0.5, 0.6) is 28.7 Å². The van der Waals surface area contributed by atoms with Crippen molar-refractivity contribution >= 4 is 0 Å². The summed E-state index contributed by atoms with van der Waals surface area (Å²) in [5.41, 5.74) is 7.34. The molecule has 3 atom stereocenters. The molecule has 0 spiro atoms. The third kappa shape index (κ3) is 5.98. The fourth-order valence-corrected chi connectivity index (χ4v) is 7.65. The van der Waals surface area contributed by atoms with E-state index in [1.54, 1.807) is 13.2 Å². The van der Waals surface area contributed by atoms with Gasteiger partial charge in [0.15, 0.2) is 11.5 Å². The van der Waals surface area contributed by atoms with E-state index in [-0.39, 0.29) is 17.8 Å². The number of aromatic hydroxyl groups is 2. The highest BCUT2D eigenvalue weighted by Crippen LogP contribution is 2.54. The number of phenolic OH excluding ortho intramolecular Hbond substituents is 2. The predicted octanol–water partition coefficient (Wildman–Crippen LogP) is 8.55. The first-order valence-corrected chi connectivity index (χ1v) is 16.7. The molecule has 0 bridgehead atoms. The Morgan fingerprint density at radius 2 is 1.75 bits per heavy atom. The lowest BCUT2D eigenvalue weighted by atomic mass is 9.72. The molecule has 3 aliphatic rings. The molecule has 1 heterocycles. The molecule has 0 amide bonds. The molecule has 6 nitrogen and oxygen atoms in total. The van der Waals surface area contributed by atoms with Crippen LogP contribution in [0.1, 0.15) is 112 Å². The van der Waals surface area contributed by atoms with Crippen molar-refractivity contribution in [3.05, 3.63) is 64.2 Å². The fraction of sp³-hybridized carbons (Fsp3) is 0.526. The van der Waals surface area contributed by atoms with Crippen LogP contribution in [0, 0.1) is 5.92 Å². The van der Waals surface area contributed by atoms with Gasteiger partial charge in [0.05, 0.1) is 19.3 Å². The first-order chi connectivity index (χ1) is 21.3. The summed E-state index contributed by atoms with van der Waals surface area (Å²) in [6.45, 7) is 6.56. The molecule has 1 aliphatic heterocycles. The molecule has 2 aliphatic carbocycles. The van der Waals surface area contributed by atoms with E-state index in [2.05, 4.69) is 26.8 Å². The monoisotopic (exact) mass is 600 g/mol. The van der Waals surface area contributed by atoms with Crippen LogP contribution in [-0.2, 0) is 19.3 Å². The largest absolute Gasteiger partial charge is 0.508 e. The van der Waals surface area contributed by atoms with Crippen LogP contribution < -0.4 is 14.2 Å². The number of ether oxygens (including phenoxy) is 3. The van der Waals surface area contributed by atoms with Gasteiger partial charge in [-0.3, -0.25) is 0 Å². The van der Waals surface area contributed by atoms with Crippen molar-refractivity contribution in [2.75, 3.05) is 7.11 Å². The zero-order chi connectivity index (χ0) is 31.0. The summed E-state index contributed by atoms with van der Waals surface area (Å²) in [7, 11) is 1.71. The minimum atomic E-state index is -0.766. The van der Waals surface area contributed by atoms with E-state index in [9.17, 15) is 15.3 Å². The van der Waals surface area contributed by atoms with Gasteiger partial charge >= 0.3 is 0 Å². The fourth-order valence-electron chi connectivity index (χ4n) is 7.65. The number of methoxy groups -OCH3 is 1. The standard InChI is InChI=1S/C38H48O6/c1-5-6-7-10-23-16-25-18-31(40)26(15-22(2)3)17-28(25)37-35(42-4)21-33-29(36(23)37)20-32(41)38(44-33)24-13-14-30(39)34(19-24)43-27-11-8-9-12-27/h13-14,17-19,21-23,27,32,38-41H,5-12,15-16,20H2,1-4H3/t23-,32+,38-/m0/s1. The molecule has 1 fully saturated rings. The molecule has 0 saturated heterocycles. The van der Waals surface area contributed by atoms with Gasteiger partial charge < -0.3 is 29.5 Å². The van der Waals surface area contributed by atoms with Crippen molar-refractivity contribution in [2.24, 2.45) is 5.92 Å². The van der Waals surface area contributed by atoms with Gasteiger partial charge in [-0.25, -0.2) is 0 Å². The Bertz CT molecular complexity index is 1490. The van der Waals surface area contributed by atoms with Gasteiger partial charge in [0, 0.05) is 23.6 Å². The van der Waals surface area contributed by atoms with Crippen LogP contribution >= 0.6 is 0 Å². The number of fused-ring (bicyclic) bond motifs is 5. The second kappa shape index (κ2) is 12.9. The van der Waals surface area contributed by atoms with Crippen molar-refractivity contribution in [3.8, 4) is 39.9 Å². The Kier molecular flexibility index (Phi) is 9.00. The van der Waals surface area contributed by atoms with Crippen LogP contribution in [-0.4, -0.2) is 34.6 Å². The molecular weight excluding hydrogens is 552 g/mol. The maximum absolute atomic E-state index is 11.6. The SMILES string of the molecule is CCCCC[C@H]1Cc2cc(O)c(CC(C)C)cc2-c2c(OC)cc3c(c21)C[C@@H](O)[C@H](c1ccc(O)c(OC2CCCC2)c1)O3. The van der Waals surface area contributed by atoms with Crippen LogP contribution in [0.3, 0.4) is 0 Å². The highest BCUT2D eigenvalue weighted by atomic mass is 16.5. The second-order valence-electron chi connectivity index (χ2n) is 13.5. The number of aliphatic hydroxyl groups excluding tert-OH is 1. The third-order valence-electron chi connectivity index (χ3n) is 9.78. The van der Waals surface area contributed by atoms with Crippen molar-refractivity contribution in [1.29, 1.82) is 0 Å². The smallest absolute Gasteiger partial charge is 0.161 e. The minimum Gasteiger partial charge on any atom is -0.508 e. The quantitative estimate of drug-likeness (QED) is 0.202. The van der Waals surface area contributed by atoms with Crippen molar-refractivity contribution in [1.82, 2.24) is 0 Å². The number of phenols is 2. The third-order valence-corrected chi connectivity index (χ3v) is 9.78. The number of hydrogen-bond donors (Lipinski definition) is 3. The lowest BCUT2D eigenvalue weighted by Crippen LogP contribution is -2.32. The van der Waals surface area contributed by atoms with Gasteiger partial charge in [-0.05, 0) is 109 Å². The number of rotatable bonds is 10. The van der Waals surface area contributed by atoms with Crippen LogP contribution in [0.15, 0.2) is 36.4 Å². The predicted molar refractivity (Wildman–Crippen MR) is 173 cm³/mol. The average Bonchev–Trinajstić information content (AvgIpc) is 3.51. The first-order valence-electron chi connectivity index (χ1n) is 16.7. The number of hydrogen-bond acceptors (Lipinski definition) is 6. The van der Waals surface area contributed by atoms with E-state index in [1.165, 1.54) is 5.56 Å². The normalized spacial score (nSPS) is 21.0. The molecular formula is C38H48O6. The van der Waals surface area contributed by atoms with Crippen molar-refractivity contribution in [2.45, 2.75) is 116 Å². The van der Waals surface area contributed by atoms with Gasteiger partial charge in [-0.1, -0.05) is 46.1 Å². The minimum absolute atomic E-state index is 0.110. The van der Waals surface area contributed by atoms with Gasteiger partial charge in [0.2, 0.25) is 0 Å². The Morgan fingerprint density at radius 3 is 2.48 bits per heavy atom. The summed E-state index contributed by atoms with van der Waals surface area (Å²) in [6, 6.07) is 11.4. The van der Waals surface area contributed by atoms with E-state index in [4.69, 9.17) is 14.2 Å². The van der Waals surface area contributed by atoms with E-state index >= 15 is 0 Å². The van der Waals surface area contributed by atoms with E-state index in [0.29, 0.717) is 23.8 Å². The number of aliphatic hydroxyl groups is 1. The molecule has 0 unspecified atom stereocenters. The van der Waals surface area contributed by atoms with Crippen LogP contribution in [0.25, 0.3) is 11.1 Å². The lowest BCUT2D eigenvalue weighted by molar-refractivity contribution is 0.0200. The van der Waals surface area contributed by atoms with Gasteiger partial charge in [0.1, 0.15) is 23.4 Å². The molecule has 0 aromatic heterocycles. The molecule has 3 aromatic carbocycles. The van der Waals surface area contributed by atoms with E-state index < -0.39 is 12.2 Å². The van der Waals surface area contributed by atoms with Crippen molar-refractivity contribution in [3.63, 3.8) is 0 Å². The molecule has 3 aromatic rings. The second-order valence-corrected chi connectivity index (χ2v) is 13.5. The Balaban J connectivity index is 1.42. The summed E-state index contributed by atoms with van der Waals surface area (Å²) < 4.78 is 18.9.